The molecule has 1 fully saturated rings. The first-order valence-electron chi connectivity index (χ1n) is 6.83. The first-order chi connectivity index (χ1) is 9.81. The Morgan fingerprint density at radius 2 is 2.10 bits per heavy atom. The number of aromatic nitrogens is 2. The number of rotatable bonds is 4. The monoisotopic (exact) mass is 286 g/mol. The molecule has 1 aliphatic heterocycles. The fourth-order valence-electron chi connectivity index (χ4n) is 2.27. The van der Waals surface area contributed by atoms with Crippen LogP contribution in [0, 0.1) is 5.92 Å². The van der Waals surface area contributed by atoms with Gasteiger partial charge in [-0.05, 0) is 23.8 Å². The number of hydrogen-bond donors (Lipinski definition) is 2. The zero-order valence-corrected chi connectivity index (χ0v) is 12.1. The minimum atomic E-state index is 0.502. The highest BCUT2D eigenvalue weighted by Crippen LogP contribution is 2.24. The molecule has 4 nitrogen and oxygen atoms in total. The average Bonchev–Trinajstić information content (AvgIpc) is 2.99. The summed E-state index contributed by atoms with van der Waals surface area (Å²) in [5.74, 6) is 5.23. The van der Waals surface area contributed by atoms with Gasteiger partial charge in [0.25, 0.3) is 0 Å². The van der Waals surface area contributed by atoms with Gasteiger partial charge in [0.15, 0.2) is 5.82 Å². The highest BCUT2D eigenvalue weighted by Gasteiger charge is 2.15. The van der Waals surface area contributed by atoms with Crippen LogP contribution in [0.5, 0.6) is 0 Å². The van der Waals surface area contributed by atoms with Gasteiger partial charge >= 0.3 is 0 Å². The van der Waals surface area contributed by atoms with E-state index in [1.54, 1.807) is 6.07 Å². The molecule has 3 rings (SSSR count). The zero-order valence-electron chi connectivity index (χ0n) is 11.2. The van der Waals surface area contributed by atoms with Crippen LogP contribution in [-0.4, -0.2) is 28.0 Å². The zero-order chi connectivity index (χ0) is 13.8. The van der Waals surface area contributed by atoms with E-state index < -0.39 is 0 Å². The van der Waals surface area contributed by atoms with E-state index in [1.165, 1.54) is 17.9 Å². The number of nitrogen functional groups attached to an aromatic ring is 1. The molecule has 1 aromatic heterocycles. The Kier molecular flexibility index (Phi) is 4.06. The van der Waals surface area contributed by atoms with E-state index in [0.29, 0.717) is 11.6 Å². The van der Waals surface area contributed by atoms with E-state index in [9.17, 15) is 0 Å². The van der Waals surface area contributed by atoms with Crippen molar-refractivity contribution < 1.29 is 0 Å². The SMILES string of the molecule is Nc1cc(NCC2CCSC2)nc(-c2ccccc2)n1. The summed E-state index contributed by atoms with van der Waals surface area (Å²) in [5, 5.41) is 3.39. The average molecular weight is 286 g/mol. The predicted octanol–water partition coefficient (Wildman–Crippen LogP) is 2.89. The second-order valence-corrected chi connectivity index (χ2v) is 6.13. The van der Waals surface area contributed by atoms with Crippen LogP contribution in [-0.2, 0) is 0 Å². The van der Waals surface area contributed by atoms with Crippen LogP contribution in [0.15, 0.2) is 36.4 Å². The highest BCUT2D eigenvalue weighted by molar-refractivity contribution is 7.99. The molecule has 2 aromatic rings. The number of nitrogens with two attached hydrogens (primary N) is 1. The van der Waals surface area contributed by atoms with Crippen LogP contribution in [0.25, 0.3) is 11.4 Å². The molecule has 104 valence electrons. The van der Waals surface area contributed by atoms with Crippen molar-refractivity contribution in [1.29, 1.82) is 0 Å². The van der Waals surface area contributed by atoms with Gasteiger partial charge in [-0.3, -0.25) is 0 Å². The van der Waals surface area contributed by atoms with Crippen molar-refractivity contribution >= 4 is 23.4 Å². The number of nitrogens with one attached hydrogen (secondary N) is 1. The molecule has 0 amide bonds. The predicted molar refractivity (Wildman–Crippen MR) is 85.8 cm³/mol. The molecule has 0 bridgehead atoms. The Bertz CT molecular complexity index is 567. The van der Waals surface area contributed by atoms with Gasteiger partial charge in [0.05, 0.1) is 0 Å². The lowest BCUT2D eigenvalue weighted by molar-refractivity contribution is 0.630. The van der Waals surface area contributed by atoms with Crippen molar-refractivity contribution in [3.63, 3.8) is 0 Å². The molecular formula is C15H18N4S. The molecular weight excluding hydrogens is 268 g/mol. The maximum absolute atomic E-state index is 5.89. The molecule has 5 heteroatoms. The molecule has 0 saturated carbocycles. The van der Waals surface area contributed by atoms with E-state index >= 15 is 0 Å². The Morgan fingerprint density at radius 3 is 2.85 bits per heavy atom. The molecule has 1 aliphatic rings. The number of thioether (sulfide) groups is 1. The van der Waals surface area contributed by atoms with E-state index in [0.717, 1.165) is 23.8 Å². The molecule has 20 heavy (non-hydrogen) atoms. The van der Waals surface area contributed by atoms with E-state index in [4.69, 9.17) is 5.73 Å². The Labute approximate surface area is 123 Å². The first kappa shape index (κ1) is 13.2. The van der Waals surface area contributed by atoms with Gasteiger partial charge in [-0.15, -0.1) is 0 Å². The van der Waals surface area contributed by atoms with Crippen molar-refractivity contribution in [2.45, 2.75) is 6.42 Å². The summed E-state index contributed by atoms with van der Waals surface area (Å²) in [6.45, 7) is 0.956. The van der Waals surface area contributed by atoms with Crippen LogP contribution in [0.1, 0.15) is 6.42 Å². The Hall–Kier alpha value is -1.75. The smallest absolute Gasteiger partial charge is 0.163 e. The minimum Gasteiger partial charge on any atom is -0.384 e. The lowest BCUT2D eigenvalue weighted by Crippen LogP contribution is -2.15. The lowest BCUT2D eigenvalue weighted by Gasteiger charge is -2.12. The molecule has 0 spiro atoms. The van der Waals surface area contributed by atoms with Crippen LogP contribution in [0.4, 0.5) is 11.6 Å². The van der Waals surface area contributed by atoms with Crippen LogP contribution in [0.2, 0.25) is 0 Å². The Balaban J connectivity index is 1.76. The molecule has 3 N–H and O–H groups in total. The molecule has 1 unspecified atom stereocenters. The Morgan fingerprint density at radius 1 is 1.25 bits per heavy atom. The summed E-state index contributed by atoms with van der Waals surface area (Å²) in [6.07, 6.45) is 1.28. The standard InChI is InChI=1S/C15H18N4S/c16-13-8-14(17-9-11-6-7-20-10-11)19-15(18-13)12-4-2-1-3-5-12/h1-5,8,11H,6-7,9-10H2,(H3,16,17,18,19). The minimum absolute atomic E-state index is 0.502. The fourth-order valence-corrected chi connectivity index (χ4v) is 3.55. The van der Waals surface area contributed by atoms with Gasteiger partial charge < -0.3 is 11.1 Å². The quantitative estimate of drug-likeness (QED) is 0.905. The molecule has 1 saturated heterocycles. The van der Waals surface area contributed by atoms with E-state index in [-0.39, 0.29) is 0 Å². The molecule has 1 aromatic carbocycles. The van der Waals surface area contributed by atoms with Crippen LogP contribution < -0.4 is 11.1 Å². The number of nitrogens with zero attached hydrogens (tertiary/aromatic N) is 2. The van der Waals surface area contributed by atoms with Gasteiger partial charge in [-0.2, -0.15) is 11.8 Å². The molecule has 0 aliphatic carbocycles. The summed E-state index contributed by atoms with van der Waals surface area (Å²) in [7, 11) is 0. The number of benzene rings is 1. The second kappa shape index (κ2) is 6.13. The third-order valence-electron chi connectivity index (χ3n) is 3.37. The summed E-state index contributed by atoms with van der Waals surface area (Å²) in [4.78, 5) is 8.86. The molecule has 1 atom stereocenters. The molecule has 0 radical (unpaired) electrons. The van der Waals surface area contributed by atoms with Crippen molar-refractivity contribution in [3.05, 3.63) is 36.4 Å². The molecule has 2 heterocycles. The highest BCUT2D eigenvalue weighted by atomic mass is 32.2. The van der Waals surface area contributed by atoms with Crippen LogP contribution in [0.3, 0.4) is 0 Å². The van der Waals surface area contributed by atoms with Gasteiger partial charge in [0.1, 0.15) is 11.6 Å². The van der Waals surface area contributed by atoms with Gasteiger partial charge in [-0.25, -0.2) is 9.97 Å². The van der Waals surface area contributed by atoms with E-state index in [1.807, 2.05) is 42.1 Å². The largest absolute Gasteiger partial charge is 0.384 e. The summed E-state index contributed by atoms with van der Waals surface area (Å²) < 4.78 is 0. The van der Waals surface area contributed by atoms with Crippen molar-refractivity contribution in [2.75, 3.05) is 29.1 Å². The third kappa shape index (κ3) is 3.22. The van der Waals surface area contributed by atoms with Crippen molar-refractivity contribution in [1.82, 2.24) is 9.97 Å². The number of hydrogen-bond acceptors (Lipinski definition) is 5. The normalized spacial score (nSPS) is 18.1. The van der Waals surface area contributed by atoms with Crippen molar-refractivity contribution in [3.8, 4) is 11.4 Å². The van der Waals surface area contributed by atoms with Crippen LogP contribution >= 0.6 is 11.8 Å². The fraction of sp³-hybridized carbons (Fsp3) is 0.333. The topological polar surface area (TPSA) is 63.8 Å². The summed E-state index contributed by atoms with van der Waals surface area (Å²) >= 11 is 2.02. The third-order valence-corrected chi connectivity index (χ3v) is 4.61. The maximum atomic E-state index is 5.89. The van der Waals surface area contributed by atoms with Gasteiger partial charge in [-0.1, -0.05) is 30.3 Å². The summed E-state index contributed by atoms with van der Waals surface area (Å²) in [5.41, 5.74) is 6.87. The van der Waals surface area contributed by atoms with Gasteiger partial charge in [0.2, 0.25) is 0 Å². The van der Waals surface area contributed by atoms with Gasteiger partial charge in [0, 0.05) is 18.2 Å². The second-order valence-electron chi connectivity index (χ2n) is 4.98. The number of anilines is 2. The lowest BCUT2D eigenvalue weighted by atomic mass is 10.1. The maximum Gasteiger partial charge on any atom is 0.163 e. The van der Waals surface area contributed by atoms with E-state index in [2.05, 4.69) is 15.3 Å². The summed E-state index contributed by atoms with van der Waals surface area (Å²) in [6, 6.07) is 11.7. The van der Waals surface area contributed by atoms with Crippen molar-refractivity contribution in [2.24, 2.45) is 5.92 Å². The first-order valence-corrected chi connectivity index (χ1v) is 7.98.